The van der Waals surface area contributed by atoms with Gasteiger partial charge in [-0.25, -0.2) is 0 Å². The Kier molecular flexibility index (Phi) is 6.93. The number of hydrogen-bond donors (Lipinski definition) is 3. The fourth-order valence-corrected chi connectivity index (χ4v) is 4.91. The van der Waals surface area contributed by atoms with Gasteiger partial charge in [0.25, 0.3) is 11.8 Å². The zero-order chi connectivity index (χ0) is 25.3. The topological polar surface area (TPSA) is 86.5 Å². The number of nitrogens with one attached hydrogen (secondary N) is 3. The number of rotatable bonds is 7. The van der Waals surface area contributed by atoms with E-state index in [4.69, 9.17) is 0 Å². The van der Waals surface area contributed by atoms with Crippen LogP contribution >= 0.6 is 0 Å². The molecule has 2 aromatic rings. The molecule has 1 aliphatic carbocycles. The summed E-state index contributed by atoms with van der Waals surface area (Å²) >= 11 is 0. The highest BCUT2D eigenvalue weighted by Crippen LogP contribution is 2.44. The zero-order valence-corrected chi connectivity index (χ0v) is 20.0. The van der Waals surface area contributed by atoms with Gasteiger partial charge in [0.15, 0.2) is 0 Å². The van der Waals surface area contributed by atoms with Crippen molar-refractivity contribution >= 4 is 28.6 Å². The maximum Gasteiger partial charge on any atom is 0.573 e. The van der Waals surface area contributed by atoms with Crippen LogP contribution in [0, 0.1) is 6.92 Å². The minimum atomic E-state index is -4.83. The van der Waals surface area contributed by atoms with Gasteiger partial charge in [-0.05, 0) is 68.6 Å². The lowest BCUT2D eigenvalue weighted by molar-refractivity contribution is -0.274. The Morgan fingerprint density at radius 1 is 1.20 bits per heavy atom. The second-order valence-electron chi connectivity index (χ2n) is 8.68. The number of aromatic nitrogens is 1. The van der Waals surface area contributed by atoms with Gasteiger partial charge in [-0.3, -0.25) is 9.59 Å². The summed E-state index contributed by atoms with van der Waals surface area (Å²) in [5.74, 6) is -0.946. The number of hydrogen-bond acceptors (Lipinski definition) is 4. The van der Waals surface area contributed by atoms with Crippen LogP contribution < -0.4 is 15.4 Å². The van der Waals surface area contributed by atoms with Crippen LogP contribution in [0.1, 0.15) is 59.6 Å². The molecule has 0 bridgehead atoms. The van der Waals surface area contributed by atoms with Crippen LogP contribution in [-0.2, 0) is 11.2 Å². The quantitative estimate of drug-likeness (QED) is 0.499. The Labute approximate surface area is 201 Å². The van der Waals surface area contributed by atoms with Crippen LogP contribution in [0.3, 0.4) is 0 Å². The Morgan fingerprint density at radius 2 is 1.94 bits per heavy atom. The SMILES string of the molecule is CCN(CC)CCNC(=O)c1c(C)[nH]c2c1CCCC2=C1C(=O)Nc2ccc(OC(F)(F)F)cc21. The molecule has 0 saturated carbocycles. The summed E-state index contributed by atoms with van der Waals surface area (Å²) in [4.78, 5) is 31.4. The molecule has 1 aliphatic heterocycles. The molecule has 10 heteroatoms. The van der Waals surface area contributed by atoms with Crippen molar-refractivity contribution in [1.29, 1.82) is 0 Å². The normalized spacial score (nSPS) is 17.3. The van der Waals surface area contributed by atoms with E-state index in [1.165, 1.54) is 18.2 Å². The molecular weight excluding hydrogens is 461 g/mol. The lowest BCUT2D eigenvalue weighted by Crippen LogP contribution is -2.35. The Hall–Kier alpha value is -3.27. The standard InChI is InChI=1S/C25H29F3N4O3/c1-4-32(5-2)12-11-29-23(33)20-14(3)30-22-16(20)7-6-8-17(22)21-18-13-15(35-25(26,27)28)9-10-19(18)31-24(21)34/h9-10,13,30H,4-8,11-12H2,1-3H3,(H,29,33)(H,31,34). The number of ether oxygens (including phenoxy) is 1. The lowest BCUT2D eigenvalue weighted by Gasteiger charge is -2.20. The van der Waals surface area contributed by atoms with Crippen molar-refractivity contribution in [2.45, 2.75) is 46.4 Å². The second kappa shape index (κ2) is 9.77. The number of H-pyrrole nitrogens is 1. The third kappa shape index (κ3) is 5.07. The van der Waals surface area contributed by atoms with Gasteiger partial charge in [0, 0.05) is 35.7 Å². The molecular formula is C25H29F3N4O3. The number of carbonyl (C=O) groups is 2. The molecule has 4 rings (SSSR count). The van der Waals surface area contributed by atoms with Crippen molar-refractivity contribution in [1.82, 2.24) is 15.2 Å². The second-order valence-corrected chi connectivity index (χ2v) is 8.68. The van der Waals surface area contributed by atoms with E-state index < -0.39 is 12.1 Å². The number of aromatic amines is 1. The van der Waals surface area contributed by atoms with Crippen LogP contribution in [0.25, 0.3) is 11.1 Å². The van der Waals surface area contributed by atoms with E-state index in [0.717, 1.165) is 25.2 Å². The third-order valence-corrected chi connectivity index (χ3v) is 6.55. The number of allylic oxidation sites excluding steroid dienone is 1. The predicted molar refractivity (Wildman–Crippen MR) is 127 cm³/mol. The number of alkyl halides is 3. The largest absolute Gasteiger partial charge is 0.573 e. The fourth-order valence-electron chi connectivity index (χ4n) is 4.91. The zero-order valence-electron chi connectivity index (χ0n) is 20.0. The van der Waals surface area contributed by atoms with Crippen molar-refractivity contribution in [3.05, 3.63) is 46.3 Å². The van der Waals surface area contributed by atoms with Crippen molar-refractivity contribution in [2.75, 3.05) is 31.5 Å². The summed E-state index contributed by atoms with van der Waals surface area (Å²) < 4.78 is 42.3. The summed E-state index contributed by atoms with van der Waals surface area (Å²) in [5, 5.41) is 5.72. The van der Waals surface area contributed by atoms with Gasteiger partial charge in [-0.15, -0.1) is 13.2 Å². The maximum absolute atomic E-state index is 13.1. The van der Waals surface area contributed by atoms with E-state index in [-0.39, 0.29) is 11.8 Å². The van der Waals surface area contributed by atoms with Gasteiger partial charge in [0.05, 0.1) is 11.1 Å². The highest BCUT2D eigenvalue weighted by molar-refractivity contribution is 6.37. The molecule has 2 amide bonds. The summed E-state index contributed by atoms with van der Waals surface area (Å²) in [6.07, 6.45) is -2.90. The number of halogens is 3. The van der Waals surface area contributed by atoms with Gasteiger partial charge < -0.3 is 25.3 Å². The van der Waals surface area contributed by atoms with E-state index in [9.17, 15) is 22.8 Å². The van der Waals surface area contributed by atoms with E-state index >= 15 is 0 Å². The lowest BCUT2D eigenvalue weighted by atomic mass is 9.86. The number of carbonyl (C=O) groups excluding carboxylic acids is 2. The molecule has 2 heterocycles. The predicted octanol–water partition coefficient (Wildman–Crippen LogP) is 4.49. The smallest absolute Gasteiger partial charge is 0.406 e. The van der Waals surface area contributed by atoms with Crippen molar-refractivity contribution < 1.29 is 27.5 Å². The summed E-state index contributed by atoms with van der Waals surface area (Å²) in [7, 11) is 0. The molecule has 188 valence electrons. The molecule has 0 fully saturated rings. The minimum absolute atomic E-state index is 0.171. The van der Waals surface area contributed by atoms with Crippen molar-refractivity contribution in [3.63, 3.8) is 0 Å². The molecule has 3 N–H and O–H groups in total. The number of benzene rings is 1. The molecule has 0 unspecified atom stereocenters. The monoisotopic (exact) mass is 490 g/mol. The summed E-state index contributed by atoms with van der Waals surface area (Å²) in [6, 6.07) is 3.81. The molecule has 0 atom stereocenters. The molecule has 1 aromatic heterocycles. The van der Waals surface area contributed by atoms with Gasteiger partial charge in [0.1, 0.15) is 5.75 Å². The van der Waals surface area contributed by atoms with E-state index in [2.05, 4.69) is 39.1 Å². The molecule has 35 heavy (non-hydrogen) atoms. The molecule has 1 aromatic carbocycles. The van der Waals surface area contributed by atoms with Gasteiger partial charge >= 0.3 is 6.36 Å². The van der Waals surface area contributed by atoms with Crippen molar-refractivity contribution in [3.8, 4) is 5.75 Å². The average molecular weight is 491 g/mol. The van der Waals surface area contributed by atoms with E-state index in [1.54, 1.807) is 0 Å². The number of fused-ring (bicyclic) bond motifs is 2. The fraction of sp³-hybridized carbons (Fsp3) is 0.440. The number of amides is 2. The first-order valence-corrected chi connectivity index (χ1v) is 11.8. The molecule has 2 aliphatic rings. The van der Waals surface area contributed by atoms with Gasteiger partial charge in [-0.2, -0.15) is 0 Å². The van der Waals surface area contributed by atoms with Crippen LogP contribution in [0.2, 0.25) is 0 Å². The van der Waals surface area contributed by atoms with Crippen LogP contribution in [-0.4, -0.2) is 54.2 Å². The summed E-state index contributed by atoms with van der Waals surface area (Å²) in [6.45, 7) is 9.04. The number of likely N-dealkylation sites (N-methyl/N-ethyl adjacent to an activating group) is 1. The number of nitrogens with zero attached hydrogens (tertiary/aromatic N) is 1. The van der Waals surface area contributed by atoms with Crippen LogP contribution in [0.4, 0.5) is 18.9 Å². The Balaban J connectivity index is 1.68. The van der Waals surface area contributed by atoms with Crippen LogP contribution in [0.15, 0.2) is 18.2 Å². The minimum Gasteiger partial charge on any atom is -0.406 e. The van der Waals surface area contributed by atoms with Crippen LogP contribution in [0.5, 0.6) is 5.75 Å². The first-order chi connectivity index (χ1) is 16.6. The average Bonchev–Trinajstić information content (AvgIpc) is 3.30. The maximum atomic E-state index is 13.1. The molecule has 0 spiro atoms. The van der Waals surface area contributed by atoms with E-state index in [1.807, 2.05) is 6.92 Å². The molecule has 0 saturated heterocycles. The van der Waals surface area contributed by atoms with E-state index in [0.29, 0.717) is 65.2 Å². The number of anilines is 1. The molecule has 7 nitrogen and oxygen atoms in total. The van der Waals surface area contributed by atoms with Crippen molar-refractivity contribution in [2.24, 2.45) is 0 Å². The highest BCUT2D eigenvalue weighted by Gasteiger charge is 2.35. The Morgan fingerprint density at radius 3 is 2.63 bits per heavy atom. The highest BCUT2D eigenvalue weighted by atomic mass is 19.4. The first-order valence-electron chi connectivity index (χ1n) is 11.8. The van der Waals surface area contributed by atoms with Gasteiger partial charge in [-0.1, -0.05) is 13.8 Å². The molecule has 0 radical (unpaired) electrons. The third-order valence-electron chi connectivity index (χ3n) is 6.55. The first kappa shape index (κ1) is 24.8. The summed E-state index contributed by atoms with van der Waals surface area (Å²) in [5.41, 5.74) is 4.59. The van der Waals surface area contributed by atoms with Gasteiger partial charge in [0.2, 0.25) is 0 Å². The Bertz CT molecular complexity index is 1180. The number of aryl methyl sites for hydroxylation is 1.